The molecule has 0 spiro atoms. The van der Waals surface area contributed by atoms with Gasteiger partial charge in [0.15, 0.2) is 18.9 Å². The minimum atomic E-state index is -1.98. The number of carbonyl (C=O) groups is 1. The van der Waals surface area contributed by atoms with E-state index in [1.54, 1.807) is 0 Å². The van der Waals surface area contributed by atoms with Crippen LogP contribution in [0, 0.1) is 0 Å². The van der Waals surface area contributed by atoms with Gasteiger partial charge in [-0.1, -0.05) is 299 Å². The Balaban J connectivity index is 1.39. The highest BCUT2D eigenvalue weighted by atomic mass is 16.8. The van der Waals surface area contributed by atoms with E-state index < -0.39 is 124 Å². The van der Waals surface area contributed by atoms with Gasteiger partial charge in [-0.2, -0.15) is 0 Å². The van der Waals surface area contributed by atoms with Crippen molar-refractivity contribution < 1.29 is 89.4 Å². The molecule has 3 aliphatic heterocycles. The third-order valence-corrected chi connectivity index (χ3v) is 19.5. The number of hydrogen-bond acceptors (Lipinski definition) is 18. The maximum absolute atomic E-state index is 13.5. The van der Waals surface area contributed by atoms with Crippen molar-refractivity contribution in [3.63, 3.8) is 0 Å². The monoisotopic (exact) mass is 1410 g/mol. The molecule has 0 aliphatic carbocycles. The first kappa shape index (κ1) is 90.4. The summed E-state index contributed by atoms with van der Waals surface area (Å²) in [5.41, 5.74) is 0. The Morgan fingerprint density at radius 1 is 0.374 bits per heavy atom. The van der Waals surface area contributed by atoms with Gasteiger partial charge in [-0.15, -0.1) is 0 Å². The van der Waals surface area contributed by atoms with Crippen LogP contribution >= 0.6 is 0 Å². The molecular formula is C80H143NO18. The molecule has 0 saturated carbocycles. The fraction of sp³-hybridized carbons (Fsp3) is 0.838. The zero-order valence-corrected chi connectivity index (χ0v) is 61.5. The number of nitrogens with one attached hydrogen (secondary N) is 1. The molecule has 0 aromatic heterocycles. The number of ether oxygens (including phenoxy) is 6. The highest BCUT2D eigenvalue weighted by Gasteiger charge is 2.54. The van der Waals surface area contributed by atoms with Crippen molar-refractivity contribution >= 4 is 5.91 Å². The Morgan fingerprint density at radius 2 is 0.697 bits per heavy atom. The zero-order chi connectivity index (χ0) is 71.8. The summed E-state index contributed by atoms with van der Waals surface area (Å²) in [6.45, 7) is 1.70. The number of unbranched alkanes of at least 4 members (excludes halogenated alkanes) is 34. The van der Waals surface area contributed by atoms with E-state index in [0.29, 0.717) is 12.8 Å². The van der Waals surface area contributed by atoms with Crippen LogP contribution in [0.15, 0.2) is 72.9 Å². The van der Waals surface area contributed by atoms with Crippen LogP contribution in [-0.2, 0) is 33.2 Å². The van der Waals surface area contributed by atoms with E-state index in [0.717, 1.165) is 103 Å². The van der Waals surface area contributed by atoms with E-state index in [1.165, 1.54) is 161 Å². The summed E-state index contributed by atoms with van der Waals surface area (Å²) in [6, 6.07) is -0.902. The molecule has 19 heteroatoms. The van der Waals surface area contributed by atoms with Crippen LogP contribution in [0.5, 0.6) is 0 Å². The molecule has 3 heterocycles. The Bertz CT molecular complexity index is 2070. The van der Waals surface area contributed by atoms with Crippen molar-refractivity contribution in [3.05, 3.63) is 72.9 Å². The highest BCUT2D eigenvalue weighted by molar-refractivity contribution is 5.76. The van der Waals surface area contributed by atoms with Crippen LogP contribution in [0.1, 0.15) is 296 Å². The maximum atomic E-state index is 13.5. The van der Waals surface area contributed by atoms with Gasteiger partial charge in [-0.3, -0.25) is 4.79 Å². The normalized spacial score (nSPS) is 27.0. The lowest BCUT2D eigenvalue weighted by Crippen LogP contribution is -2.66. The molecule has 19 nitrogen and oxygen atoms in total. The van der Waals surface area contributed by atoms with Crippen molar-refractivity contribution in [3.8, 4) is 0 Å². The van der Waals surface area contributed by atoms with E-state index in [4.69, 9.17) is 28.4 Å². The quantitative estimate of drug-likeness (QED) is 0.0199. The second-order valence-corrected chi connectivity index (χ2v) is 28.2. The molecule has 99 heavy (non-hydrogen) atoms. The summed E-state index contributed by atoms with van der Waals surface area (Å²) in [6.07, 6.45) is 51.2. The molecule has 3 aliphatic rings. The Labute approximate surface area is 598 Å². The van der Waals surface area contributed by atoms with Gasteiger partial charge in [0.1, 0.15) is 73.2 Å². The van der Waals surface area contributed by atoms with Crippen molar-refractivity contribution in [1.82, 2.24) is 5.32 Å². The largest absolute Gasteiger partial charge is 0.394 e. The Hall–Kier alpha value is -2.77. The second kappa shape index (κ2) is 60.5. The van der Waals surface area contributed by atoms with Gasteiger partial charge >= 0.3 is 0 Å². The van der Waals surface area contributed by atoms with Crippen molar-refractivity contribution in [2.24, 2.45) is 0 Å². The lowest BCUT2D eigenvalue weighted by atomic mass is 9.96. The fourth-order valence-electron chi connectivity index (χ4n) is 13.2. The zero-order valence-electron chi connectivity index (χ0n) is 61.5. The Kier molecular flexibility index (Phi) is 55.3. The smallest absolute Gasteiger partial charge is 0.220 e. The number of rotatable bonds is 62. The minimum Gasteiger partial charge on any atom is -0.394 e. The van der Waals surface area contributed by atoms with Gasteiger partial charge in [0.05, 0.1) is 38.6 Å². The maximum Gasteiger partial charge on any atom is 0.220 e. The average molecular weight is 1410 g/mol. The molecule has 12 N–H and O–H groups in total. The highest BCUT2D eigenvalue weighted by Crippen LogP contribution is 2.33. The average Bonchev–Trinajstić information content (AvgIpc) is 0.755. The van der Waals surface area contributed by atoms with Gasteiger partial charge in [0.2, 0.25) is 5.91 Å². The molecular weight excluding hydrogens is 1260 g/mol. The predicted octanol–water partition coefficient (Wildman–Crippen LogP) is 12.8. The predicted molar refractivity (Wildman–Crippen MR) is 392 cm³/mol. The lowest BCUT2D eigenvalue weighted by Gasteiger charge is -2.48. The minimum absolute atomic E-state index is 0.246. The van der Waals surface area contributed by atoms with Crippen LogP contribution < -0.4 is 5.32 Å². The first-order valence-corrected chi connectivity index (χ1v) is 39.7. The molecule has 17 atom stereocenters. The molecule has 3 fully saturated rings. The number of aliphatic hydroxyl groups is 11. The van der Waals surface area contributed by atoms with Gasteiger partial charge in [0, 0.05) is 6.42 Å². The van der Waals surface area contributed by atoms with Gasteiger partial charge in [0.25, 0.3) is 0 Å². The summed E-state index contributed by atoms with van der Waals surface area (Å²) >= 11 is 0. The third kappa shape index (κ3) is 40.9. The summed E-state index contributed by atoms with van der Waals surface area (Å²) < 4.78 is 34.5. The molecule has 0 aromatic carbocycles. The van der Waals surface area contributed by atoms with Crippen LogP contribution in [0.2, 0.25) is 0 Å². The summed E-state index contributed by atoms with van der Waals surface area (Å²) in [5, 5.41) is 121. The van der Waals surface area contributed by atoms with Crippen molar-refractivity contribution in [1.29, 1.82) is 0 Å². The number of allylic oxidation sites excluding steroid dienone is 12. The molecule has 1 amide bonds. The molecule has 0 radical (unpaired) electrons. The van der Waals surface area contributed by atoms with Gasteiger partial charge < -0.3 is 89.9 Å². The SMILES string of the molecule is CC/C=C\C/C=C\C/C=C\C/C=C\C/C=C\C/C=C\CCCCCCCCC(=O)NC(COC1OC(CO)C(OC2OC(CO)C(OC3OC(CO)C(O)C(O)C3O)C(O)C2O)C(O)C1O)C(O)CCCCCCCCCCCCCCCCCCCCCCCCCCCCCCC. The van der Waals surface area contributed by atoms with Crippen molar-refractivity contribution in [2.45, 2.75) is 401 Å². The standard InChI is InChI=1S/C80H143NO18/c1-3-5-7-9-11-13-15-17-19-21-23-25-27-29-30-31-32-34-35-37-39-41-43-45-47-49-51-53-55-57-64(85)63(81-68(86)58-56-54-52-50-48-46-44-42-40-38-36-33-28-26-24-22-20-18-16-14-12-10-8-6-4-2)62-94-78-74(92)71(89)76(66(60-83)96-78)99-80-75(93)72(90)77(67(61-84)97-80)98-79-73(91)70(88)69(87)65(59-82)95-79/h6,8,12,14,18,20,24,26,33,36,40,42,63-67,69-80,82-85,87-93H,3-5,7,9-11,13,15-17,19,21-23,25,27-32,34-35,37-39,41,43-62H2,1-2H3,(H,81,86)/b8-6-,14-12-,20-18-,26-24-,36-33-,42-40-. The molecule has 576 valence electrons. The topological polar surface area (TPSA) is 307 Å². The van der Waals surface area contributed by atoms with Gasteiger partial charge in [-0.05, 0) is 64.2 Å². The van der Waals surface area contributed by atoms with Crippen molar-refractivity contribution in [2.75, 3.05) is 26.4 Å². The van der Waals surface area contributed by atoms with Gasteiger partial charge in [-0.25, -0.2) is 0 Å². The van der Waals surface area contributed by atoms with E-state index in [-0.39, 0.29) is 18.9 Å². The molecule has 0 aromatic rings. The van der Waals surface area contributed by atoms with E-state index in [9.17, 15) is 61.0 Å². The van der Waals surface area contributed by atoms with Crippen LogP contribution in [-0.4, -0.2) is 193 Å². The van der Waals surface area contributed by atoms with Crippen LogP contribution in [0.3, 0.4) is 0 Å². The first-order valence-electron chi connectivity index (χ1n) is 39.7. The molecule has 3 saturated heterocycles. The van der Waals surface area contributed by atoms with Crippen LogP contribution in [0.25, 0.3) is 0 Å². The first-order chi connectivity index (χ1) is 48.3. The van der Waals surface area contributed by atoms with E-state index >= 15 is 0 Å². The van der Waals surface area contributed by atoms with E-state index in [2.05, 4.69) is 92.1 Å². The second-order valence-electron chi connectivity index (χ2n) is 28.2. The van der Waals surface area contributed by atoms with E-state index in [1.807, 2.05) is 0 Å². The summed E-state index contributed by atoms with van der Waals surface area (Å²) in [7, 11) is 0. The Morgan fingerprint density at radius 3 is 1.09 bits per heavy atom. The molecule has 0 bridgehead atoms. The fourth-order valence-corrected chi connectivity index (χ4v) is 13.2. The third-order valence-electron chi connectivity index (χ3n) is 19.5. The van der Waals surface area contributed by atoms with Crippen LogP contribution in [0.4, 0.5) is 0 Å². The number of amides is 1. The summed E-state index contributed by atoms with van der Waals surface area (Å²) in [5.74, 6) is -0.257. The number of aliphatic hydroxyl groups excluding tert-OH is 11. The lowest BCUT2D eigenvalue weighted by molar-refractivity contribution is -0.379. The molecule has 17 unspecified atom stereocenters. The number of carbonyl (C=O) groups excluding carboxylic acids is 1. The molecule has 3 rings (SSSR count). The number of hydrogen-bond donors (Lipinski definition) is 12. The summed E-state index contributed by atoms with van der Waals surface area (Å²) in [4.78, 5) is 13.5.